The molecule has 0 fully saturated rings. The Balaban J connectivity index is 2.83. The Morgan fingerprint density at radius 3 is 2.52 bits per heavy atom. The van der Waals surface area contributed by atoms with Crippen molar-refractivity contribution in [2.24, 2.45) is 0 Å². The van der Waals surface area contributed by atoms with E-state index in [4.69, 9.17) is 4.74 Å². The van der Waals surface area contributed by atoms with Gasteiger partial charge >= 0.3 is 0 Å². The van der Waals surface area contributed by atoms with E-state index in [9.17, 15) is 13.2 Å². The van der Waals surface area contributed by atoms with Crippen LogP contribution in [0.1, 0.15) is 26.2 Å². The summed E-state index contributed by atoms with van der Waals surface area (Å²) in [6.45, 7) is 2.86. The highest BCUT2D eigenvalue weighted by Crippen LogP contribution is 2.23. The van der Waals surface area contributed by atoms with Gasteiger partial charge in [-0.05, 0) is 18.6 Å². The number of anilines is 1. The van der Waals surface area contributed by atoms with E-state index < -0.39 is 10.0 Å². The lowest BCUT2D eigenvalue weighted by atomic mass is 10.2. The van der Waals surface area contributed by atoms with Crippen LogP contribution in [0.3, 0.4) is 0 Å². The van der Waals surface area contributed by atoms with Gasteiger partial charge in [-0.2, -0.15) is 0 Å². The molecule has 0 saturated carbocycles. The molecule has 0 spiro atoms. The summed E-state index contributed by atoms with van der Waals surface area (Å²) in [5.74, 6) is 0.512. The van der Waals surface area contributed by atoms with Crippen molar-refractivity contribution in [3.63, 3.8) is 0 Å². The summed E-state index contributed by atoms with van der Waals surface area (Å²) in [6.07, 6.45) is 3.23. The number of hydrogen-bond acceptors (Lipinski definition) is 4. The van der Waals surface area contributed by atoms with E-state index in [0.29, 0.717) is 18.0 Å². The molecular formula is C16H26N2O4S. The summed E-state index contributed by atoms with van der Waals surface area (Å²) in [5.41, 5.74) is 0.496. The second-order valence-electron chi connectivity index (χ2n) is 5.46. The van der Waals surface area contributed by atoms with Crippen molar-refractivity contribution in [2.45, 2.75) is 26.2 Å². The first kappa shape index (κ1) is 19.3. The van der Waals surface area contributed by atoms with E-state index in [1.165, 1.54) is 11.4 Å². The number of rotatable bonds is 9. The van der Waals surface area contributed by atoms with E-state index in [0.717, 1.165) is 19.1 Å². The molecule has 23 heavy (non-hydrogen) atoms. The zero-order chi connectivity index (χ0) is 17.5. The first-order valence-corrected chi connectivity index (χ1v) is 9.50. The second-order valence-corrected chi connectivity index (χ2v) is 7.36. The molecule has 0 aliphatic rings. The number of ether oxygens (including phenoxy) is 1. The van der Waals surface area contributed by atoms with Gasteiger partial charge in [-0.15, -0.1) is 0 Å². The van der Waals surface area contributed by atoms with E-state index in [1.54, 1.807) is 36.2 Å². The average Bonchev–Trinajstić information content (AvgIpc) is 2.51. The first-order valence-electron chi connectivity index (χ1n) is 7.65. The lowest BCUT2D eigenvalue weighted by Gasteiger charge is -2.24. The van der Waals surface area contributed by atoms with Gasteiger partial charge in [0.25, 0.3) is 0 Å². The number of benzene rings is 1. The summed E-state index contributed by atoms with van der Waals surface area (Å²) in [7, 11) is -0.206. The van der Waals surface area contributed by atoms with Crippen LogP contribution in [0, 0.1) is 0 Å². The monoisotopic (exact) mass is 342 g/mol. The minimum absolute atomic E-state index is 0.0602. The van der Waals surface area contributed by atoms with Crippen molar-refractivity contribution in [1.29, 1.82) is 0 Å². The van der Waals surface area contributed by atoms with Gasteiger partial charge in [0.2, 0.25) is 15.9 Å². The van der Waals surface area contributed by atoms with Gasteiger partial charge in [0.15, 0.2) is 0 Å². The fraction of sp³-hybridized carbons (Fsp3) is 0.562. The highest BCUT2D eigenvalue weighted by Gasteiger charge is 2.20. The predicted molar refractivity (Wildman–Crippen MR) is 92.3 cm³/mol. The Kier molecular flexibility index (Phi) is 7.35. The van der Waals surface area contributed by atoms with Crippen LogP contribution in [0.5, 0.6) is 5.75 Å². The Labute approximate surface area is 139 Å². The molecule has 1 rings (SSSR count). The molecule has 0 radical (unpaired) electrons. The fourth-order valence-electron chi connectivity index (χ4n) is 2.16. The number of amides is 1. The molecular weight excluding hydrogens is 316 g/mol. The predicted octanol–water partition coefficient (Wildman–Crippen LogP) is 2.11. The SMILES string of the molecule is CCCCN(C)C(=O)CCN(c1cccc(OC)c1)S(C)(=O)=O. The van der Waals surface area contributed by atoms with Crippen molar-refractivity contribution in [1.82, 2.24) is 4.90 Å². The van der Waals surface area contributed by atoms with Crippen LogP contribution in [0.25, 0.3) is 0 Å². The van der Waals surface area contributed by atoms with Gasteiger partial charge in [-0.1, -0.05) is 19.4 Å². The third-order valence-electron chi connectivity index (χ3n) is 3.54. The topological polar surface area (TPSA) is 66.9 Å². The van der Waals surface area contributed by atoms with Crippen LogP contribution >= 0.6 is 0 Å². The lowest BCUT2D eigenvalue weighted by molar-refractivity contribution is -0.129. The zero-order valence-electron chi connectivity index (χ0n) is 14.3. The van der Waals surface area contributed by atoms with Crippen molar-refractivity contribution >= 4 is 21.6 Å². The number of carbonyl (C=O) groups excluding carboxylic acids is 1. The fourth-order valence-corrected chi connectivity index (χ4v) is 3.08. The van der Waals surface area contributed by atoms with Gasteiger partial charge in [0, 0.05) is 32.6 Å². The van der Waals surface area contributed by atoms with Crippen LogP contribution in [0.15, 0.2) is 24.3 Å². The third-order valence-corrected chi connectivity index (χ3v) is 4.74. The Morgan fingerprint density at radius 1 is 1.26 bits per heavy atom. The summed E-state index contributed by atoms with van der Waals surface area (Å²) in [5, 5.41) is 0. The Morgan fingerprint density at radius 2 is 1.96 bits per heavy atom. The number of unbranched alkanes of at least 4 members (excludes halogenated alkanes) is 1. The van der Waals surface area contributed by atoms with Gasteiger partial charge < -0.3 is 9.64 Å². The van der Waals surface area contributed by atoms with E-state index in [1.807, 2.05) is 0 Å². The molecule has 0 aromatic heterocycles. The van der Waals surface area contributed by atoms with E-state index in [2.05, 4.69) is 6.92 Å². The molecule has 0 bridgehead atoms. The molecule has 0 aliphatic carbocycles. The van der Waals surface area contributed by atoms with Crippen molar-refractivity contribution < 1.29 is 17.9 Å². The summed E-state index contributed by atoms with van der Waals surface area (Å²) < 4.78 is 30.5. The van der Waals surface area contributed by atoms with Crippen LogP contribution in [-0.4, -0.2) is 52.7 Å². The lowest BCUT2D eigenvalue weighted by Crippen LogP contribution is -2.35. The maximum Gasteiger partial charge on any atom is 0.232 e. The van der Waals surface area contributed by atoms with Crippen LogP contribution in [0.2, 0.25) is 0 Å². The Bertz CT molecular complexity index is 616. The Hall–Kier alpha value is -1.76. The number of carbonyl (C=O) groups is 1. The van der Waals surface area contributed by atoms with Crippen LogP contribution in [-0.2, 0) is 14.8 Å². The molecule has 6 nitrogen and oxygen atoms in total. The molecule has 0 saturated heterocycles. The van der Waals surface area contributed by atoms with Crippen molar-refractivity contribution in [3.05, 3.63) is 24.3 Å². The van der Waals surface area contributed by atoms with Gasteiger partial charge in [0.05, 0.1) is 19.1 Å². The maximum absolute atomic E-state index is 12.1. The standard InChI is InChI=1S/C16H26N2O4S/c1-5-6-11-17(2)16(19)10-12-18(23(4,20)21)14-8-7-9-15(13-14)22-3/h7-9,13H,5-6,10-12H2,1-4H3. The highest BCUT2D eigenvalue weighted by molar-refractivity contribution is 7.92. The van der Waals surface area contributed by atoms with Crippen LogP contribution in [0.4, 0.5) is 5.69 Å². The molecule has 0 heterocycles. The molecule has 0 unspecified atom stereocenters. The summed E-state index contributed by atoms with van der Waals surface area (Å²) in [4.78, 5) is 13.8. The number of nitrogens with zero attached hydrogens (tertiary/aromatic N) is 2. The molecule has 0 aliphatic heterocycles. The average molecular weight is 342 g/mol. The van der Waals surface area contributed by atoms with Gasteiger partial charge in [0.1, 0.15) is 5.75 Å². The minimum Gasteiger partial charge on any atom is -0.497 e. The highest BCUT2D eigenvalue weighted by atomic mass is 32.2. The van der Waals surface area contributed by atoms with E-state index >= 15 is 0 Å². The normalized spacial score (nSPS) is 11.1. The van der Waals surface area contributed by atoms with Gasteiger partial charge in [-0.3, -0.25) is 9.10 Å². The molecule has 1 aromatic carbocycles. The van der Waals surface area contributed by atoms with Gasteiger partial charge in [-0.25, -0.2) is 8.42 Å². The smallest absolute Gasteiger partial charge is 0.232 e. The third kappa shape index (κ3) is 6.09. The molecule has 0 atom stereocenters. The maximum atomic E-state index is 12.1. The zero-order valence-corrected chi connectivity index (χ0v) is 15.1. The minimum atomic E-state index is -3.47. The summed E-state index contributed by atoms with van der Waals surface area (Å²) in [6, 6.07) is 6.80. The number of hydrogen-bond donors (Lipinski definition) is 0. The van der Waals surface area contributed by atoms with Crippen molar-refractivity contribution in [3.8, 4) is 5.75 Å². The number of sulfonamides is 1. The van der Waals surface area contributed by atoms with Crippen LogP contribution < -0.4 is 9.04 Å². The number of methoxy groups -OCH3 is 1. The molecule has 1 aromatic rings. The largest absolute Gasteiger partial charge is 0.497 e. The van der Waals surface area contributed by atoms with Crippen molar-refractivity contribution in [2.75, 3.05) is 37.8 Å². The first-order chi connectivity index (χ1) is 10.8. The molecule has 7 heteroatoms. The quantitative estimate of drug-likeness (QED) is 0.689. The second kappa shape index (κ2) is 8.76. The summed E-state index contributed by atoms with van der Waals surface area (Å²) >= 11 is 0. The molecule has 130 valence electrons. The molecule has 1 amide bonds. The molecule has 0 N–H and O–H groups in total. The van der Waals surface area contributed by atoms with E-state index in [-0.39, 0.29) is 18.9 Å².